The zero-order valence-electron chi connectivity index (χ0n) is 9.79. The standard InChI is InChI=1S/C12H19BrN2S/c1-9-5-10(13)7-12(6-9)15-11(8-14)3-4-16-2/h5-7,11,15H,3-4,8,14H2,1-2H3. The summed E-state index contributed by atoms with van der Waals surface area (Å²) in [5.41, 5.74) is 8.14. The predicted molar refractivity (Wildman–Crippen MR) is 78.3 cm³/mol. The van der Waals surface area contributed by atoms with Gasteiger partial charge in [-0.1, -0.05) is 15.9 Å². The van der Waals surface area contributed by atoms with Gasteiger partial charge in [-0.15, -0.1) is 0 Å². The Morgan fingerprint density at radius 1 is 1.44 bits per heavy atom. The molecule has 0 fully saturated rings. The third-order valence-corrected chi connectivity index (χ3v) is 3.47. The number of anilines is 1. The van der Waals surface area contributed by atoms with E-state index in [0.717, 1.165) is 22.3 Å². The number of nitrogens with two attached hydrogens (primary N) is 1. The van der Waals surface area contributed by atoms with Gasteiger partial charge in [0.05, 0.1) is 0 Å². The third kappa shape index (κ3) is 4.76. The Kier molecular flexibility index (Phi) is 6.24. The average Bonchev–Trinajstić information content (AvgIpc) is 2.22. The van der Waals surface area contributed by atoms with Crippen LogP contribution in [0.5, 0.6) is 0 Å². The van der Waals surface area contributed by atoms with Gasteiger partial charge in [-0.3, -0.25) is 0 Å². The topological polar surface area (TPSA) is 38.0 Å². The summed E-state index contributed by atoms with van der Waals surface area (Å²) < 4.78 is 1.11. The highest BCUT2D eigenvalue weighted by Gasteiger charge is 2.06. The number of hydrogen-bond acceptors (Lipinski definition) is 3. The lowest BCUT2D eigenvalue weighted by Gasteiger charge is -2.18. The summed E-state index contributed by atoms with van der Waals surface area (Å²) in [5, 5.41) is 3.48. The molecule has 4 heteroatoms. The molecule has 0 spiro atoms. The maximum atomic E-state index is 5.75. The van der Waals surface area contributed by atoms with Crippen LogP contribution in [-0.2, 0) is 0 Å². The molecule has 1 rings (SSSR count). The maximum absolute atomic E-state index is 5.75. The van der Waals surface area contributed by atoms with Crippen molar-refractivity contribution in [2.75, 3.05) is 23.9 Å². The summed E-state index contributed by atoms with van der Waals surface area (Å²) in [7, 11) is 0. The molecule has 0 aromatic heterocycles. The first-order valence-corrected chi connectivity index (χ1v) is 7.57. The molecule has 1 aromatic carbocycles. The van der Waals surface area contributed by atoms with Gasteiger partial charge in [0.15, 0.2) is 0 Å². The van der Waals surface area contributed by atoms with Crippen LogP contribution in [0.15, 0.2) is 22.7 Å². The summed E-state index contributed by atoms with van der Waals surface area (Å²) >= 11 is 5.36. The van der Waals surface area contributed by atoms with E-state index in [-0.39, 0.29) is 0 Å². The van der Waals surface area contributed by atoms with Gasteiger partial charge in [0.1, 0.15) is 0 Å². The van der Waals surface area contributed by atoms with E-state index in [4.69, 9.17) is 5.73 Å². The Morgan fingerprint density at radius 3 is 2.75 bits per heavy atom. The van der Waals surface area contributed by atoms with Crippen LogP contribution in [0.3, 0.4) is 0 Å². The molecule has 16 heavy (non-hydrogen) atoms. The van der Waals surface area contributed by atoms with Gasteiger partial charge in [-0.2, -0.15) is 11.8 Å². The van der Waals surface area contributed by atoms with E-state index in [2.05, 4.69) is 52.6 Å². The molecule has 3 N–H and O–H groups in total. The first-order chi connectivity index (χ1) is 7.65. The van der Waals surface area contributed by atoms with Crippen LogP contribution in [0.2, 0.25) is 0 Å². The zero-order valence-corrected chi connectivity index (χ0v) is 12.2. The first kappa shape index (κ1) is 13.9. The monoisotopic (exact) mass is 302 g/mol. The van der Waals surface area contributed by atoms with Crippen LogP contribution in [0.25, 0.3) is 0 Å². The van der Waals surface area contributed by atoms with Crippen molar-refractivity contribution < 1.29 is 0 Å². The highest BCUT2D eigenvalue weighted by atomic mass is 79.9. The lowest BCUT2D eigenvalue weighted by molar-refractivity contribution is 0.710. The van der Waals surface area contributed by atoms with Crippen molar-refractivity contribution in [3.05, 3.63) is 28.2 Å². The maximum Gasteiger partial charge on any atom is 0.0391 e. The molecule has 0 aliphatic rings. The van der Waals surface area contributed by atoms with E-state index in [1.807, 2.05) is 11.8 Å². The van der Waals surface area contributed by atoms with Crippen molar-refractivity contribution in [1.29, 1.82) is 0 Å². The fraction of sp³-hybridized carbons (Fsp3) is 0.500. The lowest BCUT2D eigenvalue weighted by Crippen LogP contribution is -2.29. The number of thioether (sulfide) groups is 1. The molecule has 0 saturated heterocycles. The SMILES string of the molecule is CSCCC(CN)Nc1cc(C)cc(Br)c1. The molecule has 0 heterocycles. The van der Waals surface area contributed by atoms with Gasteiger partial charge >= 0.3 is 0 Å². The van der Waals surface area contributed by atoms with Crippen molar-refractivity contribution >= 4 is 33.4 Å². The van der Waals surface area contributed by atoms with E-state index in [0.29, 0.717) is 12.6 Å². The fourth-order valence-electron chi connectivity index (χ4n) is 1.56. The largest absolute Gasteiger partial charge is 0.381 e. The second-order valence-electron chi connectivity index (χ2n) is 3.88. The van der Waals surface area contributed by atoms with Crippen molar-refractivity contribution in [3.63, 3.8) is 0 Å². The van der Waals surface area contributed by atoms with Crippen molar-refractivity contribution in [2.24, 2.45) is 5.73 Å². The number of halogens is 1. The van der Waals surface area contributed by atoms with E-state index in [1.54, 1.807) is 0 Å². The van der Waals surface area contributed by atoms with Gasteiger partial charge in [-0.25, -0.2) is 0 Å². The molecule has 0 radical (unpaired) electrons. The number of nitrogens with one attached hydrogen (secondary N) is 1. The second-order valence-corrected chi connectivity index (χ2v) is 5.78. The predicted octanol–water partition coefficient (Wildman–Crippen LogP) is 3.25. The van der Waals surface area contributed by atoms with Crippen LogP contribution in [0, 0.1) is 6.92 Å². The number of rotatable bonds is 6. The number of hydrogen-bond donors (Lipinski definition) is 2. The Hall–Kier alpha value is -0.190. The molecule has 90 valence electrons. The molecule has 2 nitrogen and oxygen atoms in total. The summed E-state index contributed by atoms with van der Waals surface area (Å²) in [6.45, 7) is 2.77. The van der Waals surface area contributed by atoms with Gasteiger partial charge in [0.25, 0.3) is 0 Å². The Balaban J connectivity index is 2.62. The van der Waals surface area contributed by atoms with E-state index in [9.17, 15) is 0 Å². The molecular formula is C12H19BrN2S. The second kappa shape index (κ2) is 7.20. The van der Waals surface area contributed by atoms with E-state index in [1.165, 1.54) is 5.56 Å². The first-order valence-electron chi connectivity index (χ1n) is 5.38. The van der Waals surface area contributed by atoms with Gasteiger partial charge in [0, 0.05) is 22.7 Å². The normalized spacial score (nSPS) is 12.5. The summed E-state index contributed by atoms with van der Waals surface area (Å²) in [4.78, 5) is 0. The minimum atomic E-state index is 0.362. The Labute approximate surface area is 111 Å². The fourth-order valence-corrected chi connectivity index (χ4v) is 2.69. The van der Waals surface area contributed by atoms with Crippen molar-refractivity contribution in [1.82, 2.24) is 0 Å². The highest BCUT2D eigenvalue weighted by molar-refractivity contribution is 9.10. The number of aryl methyl sites for hydroxylation is 1. The smallest absolute Gasteiger partial charge is 0.0391 e. The van der Waals surface area contributed by atoms with Crippen molar-refractivity contribution in [2.45, 2.75) is 19.4 Å². The summed E-state index contributed by atoms with van der Waals surface area (Å²) in [6, 6.07) is 6.70. The number of benzene rings is 1. The Morgan fingerprint density at radius 2 is 2.19 bits per heavy atom. The average molecular weight is 303 g/mol. The zero-order chi connectivity index (χ0) is 12.0. The molecular weight excluding hydrogens is 284 g/mol. The van der Waals surface area contributed by atoms with Crippen molar-refractivity contribution in [3.8, 4) is 0 Å². The Bertz CT molecular complexity index is 311. The molecule has 0 amide bonds. The van der Waals surface area contributed by atoms with Crippen LogP contribution in [0.1, 0.15) is 12.0 Å². The molecule has 1 atom stereocenters. The van der Waals surface area contributed by atoms with Crippen LogP contribution in [-0.4, -0.2) is 24.6 Å². The molecule has 0 aliphatic carbocycles. The molecule has 0 saturated carbocycles. The molecule has 1 aromatic rings. The highest BCUT2D eigenvalue weighted by Crippen LogP contribution is 2.20. The van der Waals surface area contributed by atoms with Crippen LogP contribution < -0.4 is 11.1 Å². The molecule has 1 unspecified atom stereocenters. The summed E-state index contributed by atoms with van der Waals surface area (Å²) in [5.74, 6) is 1.14. The van der Waals surface area contributed by atoms with E-state index >= 15 is 0 Å². The minimum Gasteiger partial charge on any atom is -0.381 e. The lowest BCUT2D eigenvalue weighted by atomic mass is 10.2. The molecule has 0 aliphatic heterocycles. The quantitative estimate of drug-likeness (QED) is 0.847. The third-order valence-electron chi connectivity index (χ3n) is 2.37. The van der Waals surface area contributed by atoms with Gasteiger partial charge in [-0.05, 0) is 49.1 Å². The van der Waals surface area contributed by atoms with Crippen LogP contribution >= 0.6 is 27.7 Å². The van der Waals surface area contributed by atoms with Crippen LogP contribution in [0.4, 0.5) is 5.69 Å². The van der Waals surface area contributed by atoms with Gasteiger partial charge < -0.3 is 11.1 Å². The van der Waals surface area contributed by atoms with E-state index < -0.39 is 0 Å². The summed E-state index contributed by atoms with van der Waals surface area (Å²) in [6.07, 6.45) is 3.22. The van der Waals surface area contributed by atoms with Gasteiger partial charge in [0.2, 0.25) is 0 Å². The molecule has 0 bridgehead atoms. The minimum absolute atomic E-state index is 0.362.